The molecule has 0 spiro atoms. The number of carbonyl (C=O) groups excluding carboxylic acids is 1. The van der Waals surface area contributed by atoms with Crippen molar-refractivity contribution < 1.29 is 9.53 Å². The van der Waals surface area contributed by atoms with E-state index >= 15 is 0 Å². The smallest absolute Gasteiger partial charge is 0.409 e. The summed E-state index contributed by atoms with van der Waals surface area (Å²) in [4.78, 5) is 10.6. The van der Waals surface area contributed by atoms with E-state index in [1.807, 2.05) is 5.43 Å². The third kappa shape index (κ3) is 2.41. The topological polar surface area (TPSA) is 64.3 Å². The zero-order valence-corrected chi connectivity index (χ0v) is 6.84. The minimum Gasteiger partial charge on any atom is -0.409 e. The molecule has 0 aromatic heterocycles. The second kappa shape index (κ2) is 3.94. The standard InChI is InChI=1S/C7H7ClN2O2/c8-5-1-3-6(4-2-5)12-7(11)10-9/h1-4H,9H2,(H,10,11). The van der Waals surface area contributed by atoms with Crippen LogP contribution in [0.5, 0.6) is 5.75 Å². The fraction of sp³-hybridized carbons (Fsp3) is 0. The molecule has 0 saturated carbocycles. The lowest BCUT2D eigenvalue weighted by atomic mass is 10.3. The highest BCUT2D eigenvalue weighted by Gasteiger charge is 1.99. The van der Waals surface area contributed by atoms with Crippen molar-refractivity contribution in [3.05, 3.63) is 29.3 Å². The van der Waals surface area contributed by atoms with E-state index in [0.717, 1.165) is 0 Å². The van der Waals surface area contributed by atoms with Crippen molar-refractivity contribution in [1.29, 1.82) is 0 Å². The Hall–Kier alpha value is -1.26. The first-order valence-electron chi connectivity index (χ1n) is 3.16. The number of rotatable bonds is 1. The zero-order chi connectivity index (χ0) is 8.97. The molecule has 0 heterocycles. The molecule has 0 unspecified atom stereocenters. The minimum atomic E-state index is -0.711. The highest BCUT2D eigenvalue weighted by atomic mass is 35.5. The molecule has 5 heteroatoms. The molecule has 1 aromatic rings. The van der Waals surface area contributed by atoms with Gasteiger partial charge in [0.05, 0.1) is 0 Å². The van der Waals surface area contributed by atoms with Crippen LogP contribution < -0.4 is 16.0 Å². The molecule has 0 radical (unpaired) electrons. The molecule has 3 N–H and O–H groups in total. The highest BCUT2D eigenvalue weighted by molar-refractivity contribution is 6.30. The summed E-state index contributed by atoms with van der Waals surface area (Å²) < 4.78 is 4.68. The van der Waals surface area contributed by atoms with E-state index in [1.54, 1.807) is 24.3 Å². The Kier molecular flexibility index (Phi) is 2.90. The van der Waals surface area contributed by atoms with E-state index < -0.39 is 6.09 Å². The molecule has 4 nitrogen and oxygen atoms in total. The number of ether oxygens (including phenoxy) is 1. The van der Waals surface area contributed by atoms with E-state index in [2.05, 4.69) is 4.74 Å². The summed E-state index contributed by atoms with van der Waals surface area (Å²) in [6.45, 7) is 0. The second-order valence-corrected chi connectivity index (χ2v) is 2.42. The fourth-order valence-electron chi connectivity index (χ4n) is 0.639. The van der Waals surface area contributed by atoms with Gasteiger partial charge in [0.15, 0.2) is 0 Å². The molecule has 0 saturated heterocycles. The average molecular weight is 187 g/mol. The van der Waals surface area contributed by atoms with Crippen LogP contribution in [0.2, 0.25) is 5.02 Å². The average Bonchev–Trinajstić information content (AvgIpc) is 2.09. The summed E-state index contributed by atoms with van der Waals surface area (Å²) in [6, 6.07) is 6.36. The molecule has 0 aliphatic rings. The summed E-state index contributed by atoms with van der Waals surface area (Å²) in [5.41, 5.74) is 1.83. The number of benzene rings is 1. The Morgan fingerprint density at radius 3 is 2.50 bits per heavy atom. The van der Waals surface area contributed by atoms with Gasteiger partial charge in [-0.1, -0.05) is 11.6 Å². The predicted octanol–water partition coefficient (Wildman–Crippen LogP) is 1.30. The lowest BCUT2D eigenvalue weighted by Crippen LogP contribution is -2.32. The summed E-state index contributed by atoms with van der Waals surface area (Å²) in [6.07, 6.45) is -0.711. The Balaban J connectivity index is 2.64. The monoisotopic (exact) mass is 186 g/mol. The molecule has 1 rings (SSSR count). The summed E-state index contributed by atoms with van der Waals surface area (Å²) >= 11 is 5.60. The molecule has 0 bridgehead atoms. The molecule has 0 atom stereocenters. The maximum atomic E-state index is 10.6. The number of hydrogen-bond acceptors (Lipinski definition) is 3. The van der Waals surface area contributed by atoms with Gasteiger partial charge < -0.3 is 4.74 Å². The van der Waals surface area contributed by atoms with Crippen LogP contribution in [-0.2, 0) is 0 Å². The Morgan fingerprint density at radius 2 is 2.00 bits per heavy atom. The first kappa shape index (κ1) is 8.83. The Bertz CT molecular complexity index is 273. The molecule has 1 aromatic carbocycles. The third-order valence-electron chi connectivity index (χ3n) is 1.14. The quantitative estimate of drug-likeness (QED) is 0.395. The van der Waals surface area contributed by atoms with Crippen molar-refractivity contribution in [3.63, 3.8) is 0 Å². The van der Waals surface area contributed by atoms with Gasteiger partial charge in [0.25, 0.3) is 0 Å². The van der Waals surface area contributed by atoms with E-state index in [0.29, 0.717) is 10.8 Å². The molecule has 0 aliphatic heterocycles. The maximum Gasteiger partial charge on any atom is 0.426 e. The van der Waals surface area contributed by atoms with Crippen LogP contribution in [0.1, 0.15) is 0 Å². The van der Waals surface area contributed by atoms with Crippen molar-refractivity contribution in [3.8, 4) is 5.75 Å². The Morgan fingerprint density at radius 1 is 1.42 bits per heavy atom. The van der Waals surface area contributed by atoms with E-state index in [9.17, 15) is 4.79 Å². The summed E-state index contributed by atoms with van der Waals surface area (Å²) in [5, 5.41) is 0.579. The van der Waals surface area contributed by atoms with E-state index in [-0.39, 0.29) is 0 Å². The van der Waals surface area contributed by atoms with Crippen LogP contribution in [0.25, 0.3) is 0 Å². The fourth-order valence-corrected chi connectivity index (χ4v) is 0.765. The normalized spacial score (nSPS) is 9.17. The van der Waals surface area contributed by atoms with Crippen LogP contribution in [0.4, 0.5) is 4.79 Å². The molecule has 0 aliphatic carbocycles. The second-order valence-electron chi connectivity index (χ2n) is 1.99. The van der Waals surface area contributed by atoms with Gasteiger partial charge in [0.2, 0.25) is 0 Å². The van der Waals surface area contributed by atoms with Crippen LogP contribution in [0, 0.1) is 0 Å². The van der Waals surface area contributed by atoms with Crippen molar-refractivity contribution in [2.45, 2.75) is 0 Å². The number of halogens is 1. The van der Waals surface area contributed by atoms with Crippen molar-refractivity contribution in [1.82, 2.24) is 5.43 Å². The lowest BCUT2D eigenvalue weighted by molar-refractivity contribution is 0.200. The van der Waals surface area contributed by atoms with Crippen LogP contribution in [-0.4, -0.2) is 6.09 Å². The van der Waals surface area contributed by atoms with E-state index in [1.165, 1.54) is 0 Å². The molecular weight excluding hydrogens is 180 g/mol. The SMILES string of the molecule is NNC(=O)Oc1ccc(Cl)cc1. The molecule has 0 fully saturated rings. The summed E-state index contributed by atoms with van der Waals surface area (Å²) in [7, 11) is 0. The predicted molar refractivity (Wildman–Crippen MR) is 44.8 cm³/mol. The summed E-state index contributed by atoms with van der Waals surface area (Å²) in [5.74, 6) is 5.19. The van der Waals surface area contributed by atoms with Gasteiger partial charge in [-0.25, -0.2) is 10.6 Å². The first-order valence-corrected chi connectivity index (χ1v) is 3.54. The number of nitrogens with one attached hydrogen (secondary N) is 1. The first-order chi connectivity index (χ1) is 5.72. The highest BCUT2D eigenvalue weighted by Crippen LogP contribution is 2.15. The lowest BCUT2D eigenvalue weighted by Gasteiger charge is -2.01. The largest absolute Gasteiger partial charge is 0.426 e. The van der Waals surface area contributed by atoms with Crippen molar-refractivity contribution in [2.24, 2.45) is 5.84 Å². The van der Waals surface area contributed by atoms with Gasteiger partial charge in [-0.2, -0.15) is 0 Å². The van der Waals surface area contributed by atoms with Crippen molar-refractivity contribution in [2.75, 3.05) is 0 Å². The number of nitrogens with two attached hydrogens (primary N) is 1. The number of carbonyl (C=O) groups is 1. The maximum absolute atomic E-state index is 10.6. The molecule has 1 amide bonds. The van der Waals surface area contributed by atoms with Gasteiger partial charge >= 0.3 is 6.09 Å². The van der Waals surface area contributed by atoms with Crippen LogP contribution >= 0.6 is 11.6 Å². The van der Waals surface area contributed by atoms with Gasteiger partial charge in [-0.05, 0) is 24.3 Å². The van der Waals surface area contributed by atoms with E-state index in [4.69, 9.17) is 17.4 Å². The van der Waals surface area contributed by atoms with Gasteiger partial charge in [0, 0.05) is 5.02 Å². The van der Waals surface area contributed by atoms with Crippen LogP contribution in [0.15, 0.2) is 24.3 Å². The third-order valence-corrected chi connectivity index (χ3v) is 1.39. The van der Waals surface area contributed by atoms with Crippen LogP contribution in [0.3, 0.4) is 0 Å². The van der Waals surface area contributed by atoms with Gasteiger partial charge in [-0.15, -0.1) is 0 Å². The zero-order valence-electron chi connectivity index (χ0n) is 6.08. The van der Waals surface area contributed by atoms with Crippen molar-refractivity contribution >= 4 is 17.7 Å². The number of hydrazine groups is 1. The van der Waals surface area contributed by atoms with Gasteiger partial charge in [0.1, 0.15) is 5.75 Å². The molecule has 12 heavy (non-hydrogen) atoms. The molecule has 64 valence electrons. The Labute approximate surface area is 74.2 Å². The minimum absolute atomic E-state index is 0.391. The number of amides is 1. The molecular formula is C7H7ClN2O2. The van der Waals surface area contributed by atoms with Gasteiger partial charge in [-0.3, -0.25) is 5.43 Å². The number of hydrogen-bond donors (Lipinski definition) is 2.